The van der Waals surface area contributed by atoms with Gasteiger partial charge in [-0.1, -0.05) is 41.0 Å². The molecular formula is C15H14Cl2N4O2S. The Hall–Kier alpha value is -1.70. The van der Waals surface area contributed by atoms with Crippen molar-refractivity contribution in [1.82, 2.24) is 18.7 Å². The number of fused-ring (bicyclic) bond motifs is 1. The molecule has 1 aromatic carbocycles. The van der Waals surface area contributed by atoms with Crippen LogP contribution in [0.5, 0.6) is 0 Å². The number of rotatable bonds is 3. The summed E-state index contributed by atoms with van der Waals surface area (Å²) < 4.78 is 4.23. The van der Waals surface area contributed by atoms with Crippen LogP contribution in [0.25, 0.3) is 11.2 Å². The van der Waals surface area contributed by atoms with Crippen LogP contribution in [-0.2, 0) is 26.9 Å². The molecule has 0 spiro atoms. The maximum Gasteiger partial charge on any atom is 0.332 e. The highest BCUT2D eigenvalue weighted by molar-refractivity contribution is 7.98. The Morgan fingerprint density at radius 2 is 1.75 bits per heavy atom. The van der Waals surface area contributed by atoms with Gasteiger partial charge in [0.05, 0.1) is 10.0 Å². The van der Waals surface area contributed by atoms with E-state index in [-0.39, 0.29) is 11.2 Å². The first-order valence-corrected chi connectivity index (χ1v) is 8.74. The Kier molecular flexibility index (Phi) is 4.50. The summed E-state index contributed by atoms with van der Waals surface area (Å²) in [6.45, 7) is 0. The van der Waals surface area contributed by atoms with E-state index in [2.05, 4.69) is 4.98 Å². The lowest BCUT2D eigenvalue weighted by atomic mass is 10.2. The average molecular weight is 385 g/mol. The van der Waals surface area contributed by atoms with Crippen molar-refractivity contribution in [2.45, 2.75) is 10.9 Å². The van der Waals surface area contributed by atoms with Crippen LogP contribution in [-0.4, -0.2) is 18.7 Å². The fourth-order valence-corrected chi connectivity index (χ4v) is 3.70. The summed E-state index contributed by atoms with van der Waals surface area (Å²) in [6.07, 6.45) is 0. The van der Waals surface area contributed by atoms with Crippen molar-refractivity contribution in [3.63, 3.8) is 0 Å². The molecule has 0 radical (unpaired) electrons. The lowest BCUT2D eigenvalue weighted by Crippen LogP contribution is -2.37. The molecule has 0 saturated heterocycles. The number of aromatic nitrogens is 4. The van der Waals surface area contributed by atoms with E-state index in [4.69, 9.17) is 23.2 Å². The van der Waals surface area contributed by atoms with Crippen molar-refractivity contribution < 1.29 is 0 Å². The second-order valence-electron chi connectivity index (χ2n) is 5.37. The van der Waals surface area contributed by atoms with Gasteiger partial charge in [0.2, 0.25) is 0 Å². The van der Waals surface area contributed by atoms with Gasteiger partial charge in [-0.15, -0.1) is 0 Å². The van der Waals surface area contributed by atoms with Gasteiger partial charge in [0.15, 0.2) is 16.3 Å². The molecule has 0 aliphatic carbocycles. The number of hydrogen-bond acceptors (Lipinski definition) is 4. The van der Waals surface area contributed by atoms with E-state index in [1.807, 2.05) is 6.07 Å². The molecule has 0 unspecified atom stereocenters. The van der Waals surface area contributed by atoms with E-state index in [1.165, 1.54) is 23.4 Å². The highest BCUT2D eigenvalue weighted by Gasteiger charge is 2.17. The molecular weight excluding hydrogens is 371 g/mol. The van der Waals surface area contributed by atoms with Gasteiger partial charge in [-0.05, 0) is 17.7 Å². The average Bonchev–Trinajstić information content (AvgIpc) is 2.89. The minimum absolute atomic E-state index is 0.277. The Bertz CT molecular complexity index is 1070. The topological polar surface area (TPSA) is 61.8 Å². The number of halogens is 2. The summed E-state index contributed by atoms with van der Waals surface area (Å²) in [5, 5.41) is 1.65. The Labute approximate surface area is 151 Å². The Morgan fingerprint density at radius 1 is 1.04 bits per heavy atom. The zero-order valence-corrected chi connectivity index (χ0v) is 15.5. The smallest absolute Gasteiger partial charge is 0.308 e. The fraction of sp³-hybridized carbons (Fsp3) is 0.267. The van der Waals surface area contributed by atoms with Crippen LogP contribution in [0.3, 0.4) is 0 Å². The van der Waals surface area contributed by atoms with Crippen LogP contribution in [0, 0.1) is 0 Å². The number of hydrogen-bond donors (Lipinski definition) is 0. The molecule has 0 aliphatic rings. The molecule has 2 heterocycles. The fourth-order valence-electron chi connectivity index (χ4n) is 2.47. The molecule has 0 N–H and O–H groups in total. The molecule has 0 atom stereocenters. The van der Waals surface area contributed by atoms with Crippen LogP contribution in [0.15, 0.2) is 32.9 Å². The maximum atomic E-state index is 12.3. The highest BCUT2D eigenvalue weighted by atomic mass is 35.5. The summed E-state index contributed by atoms with van der Waals surface area (Å²) in [4.78, 5) is 28.7. The molecule has 3 aromatic rings. The summed E-state index contributed by atoms with van der Waals surface area (Å²) in [5.41, 5.74) is 0.989. The molecule has 126 valence electrons. The van der Waals surface area contributed by atoms with Crippen LogP contribution in [0.1, 0.15) is 5.56 Å². The number of thioether (sulfide) groups is 1. The Morgan fingerprint density at radius 3 is 2.42 bits per heavy atom. The number of aryl methyl sites for hydroxylation is 2. The normalized spacial score (nSPS) is 11.4. The summed E-state index contributed by atoms with van der Waals surface area (Å²) in [5.74, 6) is 0.613. The monoisotopic (exact) mass is 384 g/mol. The van der Waals surface area contributed by atoms with Gasteiger partial charge in [-0.2, -0.15) is 0 Å². The molecule has 0 aliphatic heterocycles. The van der Waals surface area contributed by atoms with Gasteiger partial charge < -0.3 is 4.57 Å². The molecule has 0 saturated carbocycles. The van der Waals surface area contributed by atoms with Crippen molar-refractivity contribution >= 4 is 46.1 Å². The van der Waals surface area contributed by atoms with E-state index in [0.717, 1.165) is 10.1 Å². The van der Waals surface area contributed by atoms with E-state index in [9.17, 15) is 9.59 Å². The number of imidazole rings is 1. The third kappa shape index (κ3) is 2.76. The molecule has 24 heavy (non-hydrogen) atoms. The van der Waals surface area contributed by atoms with Crippen LogP contribution >= 0.6 is 35.0 Å². The van der Waals surface area contributed by atoms with Crippen LogP contribution in [0.4, 0.5) is 0 Å². The number of nitrogens with zero attached hydrogens (tertiary/aromatic N) is 4. The summed E-state index contributed by atoms with van der Waals surface area (Å²) in [7, 11) is 4.85. The largest absolute Gasteiger partial charge is 0.332 e. The van der Waals surface area contributed by atoms with E-state index < -0.39 is 5.56 Å². The quantitative estimate of drug-likeness (QED) is 0.651. The molecule has 3 rings (SSSR count). The lowest BCUT2D eigenvalue weighted by Gasteiger charge is -2.06. The van der Waals surface area contributed by atoms with Crippen molar-refractivity contribution in [2.24, 2.45) is 21.1 Å². The molecule has 9 heteroatoms. The molecule has 0 amide bonds. The zero-order valence-electron chi connectivity index (χ0n) is 13.2. The van der Waals surface area contributed by atoms with Gasteiger partial charge in [0.25, 0.3) is 5.56 Å². The summed E-state index contributed by atoms with van der Waals surface area (Å²) in [6, 6.07) is 5.43. The van der Waals surface area contributed by atoms with Crippen molar-refractivity contribution in [3.05, 3.63) is 54.6 Å². The van der Waals surface area contributed by atoms with Crippen LogP contribution < -0.4 is 11.2 Å². The third-order valence-corrected chi connectivity index (χ3v) is 5.61. The molecule has 0 fully saturated rings. The predicted molar refractivity (Wildman–Crippen MR) is 97.2 cm³/mol. The first-order chi connectivity index (χ1) is 11.3. The second-order valence-corrected chi connectivity index (χ2v) is 7.13. The molecule has 6 nitrogen and oxygen atoms in total. The minimum Gasteiger partial charge on any atom is -0.308 e. The Balaban J connectivity index is 2.02. The van der Waals surface area contributed by atoms with Gasteiger partial charge in [-0.25, -0.2) is 9.78 Å². The first kappa shape index (κ1) is 17.1. The summed E-state index contributed by atoms with van der Waals surface area (Å²) >= 11 is 13.4. The van der Waals surface area contributed by atoms with Gasteiger partial charge in [-0.3, -0.25) is 13.9 Å². The van der Waals surface area contributed by atoms with Gasteiger partial charge in [0.1, 0.15) is 0 Å². The van der Waals surface area contributed by atoms with Gasteiger partial charge >= 0.3 is 5.69 Å². The maximum absolute atomic E-state index is 12.3. The molecule has 0 bridgehead atoms. The number of benzene rings is 1. The highest BCUT2D eigenvalue weighted by Crippen LogP contribution is 2.28. The lowest BCUT2D eigenvalue weighted by molar-refractivity contribution is 0.690. The minimum atomic E-state index is -0.398. The van der Waals surface area contributed by atoms with Crippen molar-refractivity contribution in [2.75, 3.05) is 0 Å². The van der Waals surface area contributed by atoms with Crippen LogP contribution in [0.2, 0.25) is 10.0 Å². The molecule has 2 aromatic heterocycles. The second kappa shape index (κ2) is 6.31. The predicted octanol–water partition coefficient (Wildman–Crippen LogP) is 2.57. The van der Waals surface area contributed by atoms with E-state index in [1.54, 1.807) is 30.8 Å². The standard InChI is InChI=1S/C15H14Cl2N4O2S/c1-19-12-11(13(22)21(3)15(23)20(12)2)18-14(19)24-7-8-4-5-9(16)10(17)6-8/h4-6H,7H2,1-3H3. The van der Waals surface area contributed by atoms with E-state index >= 15 is 0 Å². The zero-order chi connectivity index (χ0) is 17.6. The first-order valence-electron chi connectivity index (χ1n) is 7.00. The van der Waals surface area contributed by atoms with E-state index in [0.29, 0.717) is 26.6 Å². The van der Waals surface area contributed by atoms with Gasteiger partial charge in [0, 0.05) is 26.9 Å². The van der Waals surface area contributed by atoms with Crippen molar-refractivity contribution in [1.29, 1.82) is 0 Å². The van der Waals surface area contributed by atoms with Crippen molar-refractivity contribution in [3.8, 4) is 0 Å². The third-order valence-electron chi connectivity index (χ3n) is 3.77. The SMILES string of the molecule is Cn1c(=O)c2nc(SCc3ccc(Cl)c(Cl)c3)n(C)c2n(C)c1=O.